The molecule has 62 valence electrons. The van der Waals surface area contributed by atoms with E-state index in [1.54, 1.807) is 0 Å². The minimum Gasteiger partial charge on any atom is -0.0610 e. The maximum Gasteiger partial charge on any atom is -0.0103 e. The molecule has 0 unspecified atom stereocenters. The van der Waals surface area contributed by atoms with Crippen LogP contribution in [0.3, 0.4) is 0 Å². The van der Waals surface area contributed by atoms with Gasteiger partial charge in [0.15, 0.2) is 0 Å². The molecule has 0 aromatic heterocycles. The second-order valence-electron chi connectivity index (χ2n) is 3.63. The number of aryl methyl sites for hydroxylation is 1. The Hall–Kier alpha value is -1.56. The molecule has 0 atom stereocenters. The Morgan fingerprint density at radius 3 is 2.38 bits per heavy atom. The summed E-state index contributed by atoms with van der Waals surface area (Å²) < 4.78 is 0. The summed E-state index contributed by atoms with van der Waals surface area (Å²) in [5.74, 6) is 0. The highest BCUT2D eigenvalue weighted by Gasteiger charge is 2.14. The summed E-state index contributed by atoms with van der Waals surface area (Å²) in [4.78, 5) is 0. The van der Waals surface area contributed by atoms with Gasteiger partial charge in [-0.2, -0.15) is 0 Å². The molecule has 0 fully saturated rings. The molecule has 2 aromatic rings. The van der Waals surface area contributed by atoms with Crippen molar-refractivity contribution in [3.05, 3.63) is 48.0 Å². The van der Waals surface area contributed by atoms with Crippen LogP contribution >= 0.6 is 0 Å². The average molecular weight is 166 g/mol. The Labute approximate surface area is 77.8 Å². The fraction of sp³-hybridized carbons (Fsp3) is 0.0769. The Kier molecular flexibility index (Phi) is 1.18. The van der Waals surface area contributed by atoms with Crippen molar-refractivity contribution in [1.29, 1.82) is 0 Å². The lowest BCUT2D eigenvalue weighted by Gasteiger charge is -2.00. The van der Waals surface area contributed by atoms with Gasteiger partial charge in [0.1, 0.15) is 0 Å². The van der Waals surface area contributed by atoms with E-state index in [2.05, 4.69) is 49.4 Å². The van der Waals surface area contributed by atoms with Gasteiger partial charge in [0, 0.05) is 0 Å². The molecule has 2 aromatic carbocycles. The number of benzene rings is 2. The standard InChI is InChI=1S/C13H10/c1-9-5-6-12-10-3-2-4-11(8-10)13(12)7-9/h2-8H,1H3. The predicted molar refractivity (Wildman–Crippen MR) is 55.6 cm³/mol. The Morgan fingerprint density at radius 1 is 0.769 bits per heavy atom. The molecule has 0 amide bonds. The number of fused-ring (bicyclic) bond motifs is 5. The maximum absolute atomic E-state index is 2.26. The van der Waals surface area contributed by atoms with Crippen molar-refractivity contribution in [3.8, 4) is 22.3 Å². The van der Waals surface area contributed by atoms with E-state index in [4.69, 9.17) is 0 Å². The summed E-state index contributed by atoms with van der Waals surface area (Å²) in [6.07, 6.45) is 0. The first-order valence-corrected chi connectivity index (χ1v) is 4.56. The SMILES string of the molecule is Cc1ccc2c(c1)-c1cccc-2c1. The third-order valence-electron chi connectivity index (χ3n) is 2.66. The van der Waals surface area contributed by atoms with E-state index in [1.807, 2.05) is 0 Å². The van der Waals surface area contributed by atoms with Crippen LogP contribution in [0.5, 0.6) is 0 Å². The molecule has 2 bridgehead atoms. The van der Waals surface area contributed by atoms with Gasteiger partial charge in [0.25, 0.3) is 0 Å². The van der Waals surface area contributed by atoms with Crippen LogP contribution in [0.25, 0.3) is 22.3 Å². The van der Waals surface area contributed by atoms with Crippen LogP contribution < -0.4 is 0 Å². The van der Waals surface area contributed by atoms with Gasteiger partial charge in [-0.05, 0) is 35.2 Å². The minimum absolute atomic E-state index is 1.33. The van der Waals surface area contributed by atoms with Gasteiger partial charge in [-0.1, -0.05) is 42.0 Å². The zero-order valence-electron chi connectivity index (χ0n) is 7.54. The fourth-order valence-electron chi connectivity index (χ4n) is 2.00. The van der Waals surface area contributed by atoms with Crippen molar-refractivity contribution < 1.29 is 0 Å². The third-order valence-corrected chi connectivity index (χ3v) is 2.66. The van der Waals surface area contributed by atoms with Crippen LogP contribution in [0, 0.1) is 6.92 Å². The highest BCUT2D eigenvalue weighted by atomic mass is 14.2. The number of hydrogen-bond donors (Lipinski definition) is 0. The molecule has 0 heteroatoms. The molecule has 0 N–H and O–H groups in total. The quantitative estimate of drug-likeness (QED) is 0.478. The van der Waals surface area contributed by atoms with Gasteiger partial charge in [-0.25, -0.2) is 0 Å². The molecule has 0 radical (unpaired) electrons. The van der Waals surface area contributed by atoms with Crippen molar-refractivity contribution >= 4 is 0 Å². The molecule has 3 rings (SSSR count). The molecular formula is C13H10. The van der Waals surface area contributed by atoms with Gasteiger partial charge < -0.3 is 0 Å². The summed E-state index contributed by atoms with van der Waals surface area (Å²) in [6, 6.07) is 15.4. The molecule has 1 aliphatic carbocycles. The first kappa shape index (κ1) is 6.90. The topological polar surface area (TPSA) is 0 Å². The highest BCUT2D eigenvalue weighted by molar-refractivity contribution is 5.91. The van der Waals surface area contributed by atoms with E-state index in [9.17, 15) is 0 Å². The fourth-order valence-corrected chi connectivity index (χ4v) is 2.00. The number of rotatable bonds is 0. The maximum atomic E-state index is 2.26. The molecular weight excluding hydrogens is 156 g/mol. The highest BCUT2D eigenvalue weighted by Crippen LogP contribution is 2.40. The molecule has 0 heterocycles. The molecule has 0 saturated carbocycles. The second kappa shape index (κ2) is 2.23. The normalized spacial score (nSPS) is 11.5. The van der Waals surface area contributed by atoms with Gasteiger partial charge in [0.2, 0.25) is 0 Å². The Balaban J connectivity index is 2.41. The molecule has 13 heavy (non-hydrogen) atoms. The summed E-state index contributed by atoms with van der Waals surface area (Å²) in [5, 5.41) is 0. The zero-order chi connectivity index (χ0) is 8.84. The minimum atomic E-state index is 1.33. The van der Waals surface area contributed by atoms with Crippen molar-refractivity contribution in [1.82, 2.24) is 0 Å². The van der Waals surface area contributed by atoms with E-state index in [1.165, 1.54) is 27.8 Å². The van der Waals surface area contributed by atoms with Gasteiger partial charge in [-0.3, -0.25) is 0 Å². The average Bonchev–Trinajstić information content (AvgIpc) is 2.39. The van der Waals surface area contributed by atoms with Crippen LogP contribution in [-0.4, -0.2) is 0 Å². The third kappa shape index (κ3) is 0.858. The van der Waals surface area contributed by atoms with Crippen LogP contribution in [0.1, 0.15) is 5.56 Å². The van der Waals surface area contributed by atoms with E-state index in [-0.39, 0.29) is 0 Å². The monoisotopic (exact) mass is 166 g/mol. The summed E-state index contributed by atoms with van der Waals surface area (Å²) in [7, 11) is 0. The largest absolute Gasteiger partial charge is 0.0610 e. The molecule has 0 spiro atoms. The zero-order valence-corrected chi connectivity index (χ0v) is 7.54. The van der Waals surface area contributed by atoms with Crippen LogP contribution in [-0.2, 0) is 0 Å². The van der Waals surface area contributed by atoms with Crippen molar-refractivity contribution in [2.75, 3.05) is 0 Å². The van der Waals surface area contributed by atoms with Crippen molar-refractivity contribution in [2.45, 2.75) is 6.92 Å². The Bertz CT molecular complexity index is 481. The van der Waals surface area contributed by atoms with Crippen LogP contribution in [0.4, 0.5) is 0 Å². The molecule has 0 saturated heterocycles. The van der Waals surface area contributed by atoms with Crippen molar-refractivity contribution in [2.24, 2.45) is 0 Å². The summed E-state index contributed by atoms with van der Waals surface area (Å²) in [5.41, 5.74) is 6.82. The Morgan fingerprint density at radius 2 is 1.54 bits per heavy atom. The van der Waals surface area contributed by atoms with Gasteiger partial charge >= 0.3 is 0 Å². The smallest absolute Gasteiger partial charge is 0.0103 e. The first-order valence-electron chi connectivity index (χ1n) is 4.56. The van der Waals surface area contributed by atoms with E-state index in [0.717, 1.165) is 0 Å². The van der Waals surface area contributed by atoms with Crippen LogP contribution in [0.15, 0.2) is 42.5 Å². The first-order chi connectivity index (χ1) is 6.34. The second-order valence-corrected chi connectivity index (χ2v) is 3.63. The van der Waals surface area contributed by atoms with Crippen molar-refractivity contribution in [3.63, 3.8) is 0 Å². The van der Waals surface area contributed by atoms with E-state index >= 15 is 0 Å². The molecule has 0 nitrogen and oxygen atoms in total. The summed E-state index contributed by atoms with van der Waals surface area (Å²) >= 11 is 0. The lowest BCUT2D eigenvalue weighted by atomic mass is 10.0. The lowest BCUT2D eigenvalue weighted by molar-refractivity contribution is 1.48. The van der Waals surface area contributed by atoms with Gasteiger partial charge in [0.05, 0.1) is 0 Å². The van der Waals surface area contributed by atoms with E-state index < -0.39 is 0 Å². The summed E-state index contributed by atoms with van der Waals surface area (Å²) in [6.45, 7) is 2.14. The van der Waals surface area contributed by atoms with Gasteiger partial charge in [-0.15, -0.1) is 0 Å². The lowest BCUT2D eigenvalue weighted by Crippen LogP contribution is -1.76. The molecule has 0 aliphatic heterocycles. The number of hydrogen-bond acceptors (Lipinski definition) is 0. The van der Waals surface area contributed by atoms with E-state index in [0.29, 0.717) is 0 Å². The predicted octanol–water partition coefficient (Wildman–Crippen LogP) is 3.64. The molecule has 1 aliphatic rings. The van der Waals surface area contributed by atoms with Crippen LogP contribution in [0.2, 0.25) is 0 Å².